The number of hydrogen-bond donors (Lipinski definition) is 1. The second-order valence-corrected chi connectivity index (χ2v) is 3.64. The van der Waals surface area contributed by atoms with Crippen LogP contribution in [0.5, 0.6) is 0 Å². The molecule has 3 nitrogen and oxygen atoms in total. The minimum absolute atomic E-state index is 0. The number of nitrogens with two attached hydrogens (primary N) is 1. The van der Waals surface area contributed by atoms with Gasteiger partial charge in [-0.3, -0.25) is 0 Å². The first-order chi connectivity index (χ1) is 8.50. The summed E-state index contributed by atoms with van der Waals surface area (Å²) in [5.41, 5.74) is 5.88. The monoisotopic (exact) mass is 289 g/mol. The van der Waals surface area contributed by atoms with Crippen molar-refractivity contribution in [3.63, 3.8) is 0 Å². The maximum atomic E-state index is 12.4. The maximum Gasteiger partial charge on any atom is 0.416 e. The molecule has 0 spiro atoms. The molecule has 0 aliphatic rings. The Bertz CT molecular complexity index is 541. The minimum Gasteiger partial charge on any atom is -0.324 e. The van der Waals surface area contributed by atoms with Crippen molar-refractivity contribution in [2.45, 2.75) is 12.7 Å². The highest BCUT2D eigenvalue weighted by molar-refractivity contribution is 5.85. The normalized spacial score (nSPS) is 10.9. The van der Waals surface area contributed by atoms with Crippen LogP contribution in [-0.2, 0) is 12.7 Å². The fraction of sp³-hybridized carbons (Fsp3) is 0.167. The molecule has 0 radical (unpaired) electrons. The van der Waals surface area contributed by atoms with E-state index >= 15 is 0 Å². The summed E-state index contributed by atoms with van der Waals surface area (Å²) in [6.45, 7) is 0.189. The van der Waals surface area contributed by atoms with E-state index in [1.807, 2.05) is 0 Å². The van der Waals surface area contributed by atoms with Gasteiger partial charge >= 0.3 is 6.18 Å². The van der Waals surface area contributed by atoms with Gasteiger partial charge in [0.05, 0.1) is 17.8 Å². The molecule has 0 atom stereocenters. The van der Waals surface area contributed by atoms with Crippen molar-refractivity contribution in [1.29, 1.82) is 0 Å². The second kappa shape index (κ2) is 5.99. The van der Waals surface area contributed by atoms with E-state index < -0.39 is 11.7 Å². The van der Waals surface area contributed by atoms with Crippen molar-refractivity contribution < 1.29 is 13.2 Å². The second-order valence-electron chi connectivity index (χ2n) is 3.64. The molecule has 7 heteroatoms. The molecule has 2 aromatic rings. The zero-order chi connectivity index (χ0) is 13.2. The lowest BCUT2D eigenvalue weighted by atomic mass is 10.1. The van der Waals surface area contributed by atoms with E-state index in [0.717, 1.165) is 12.1 Å². The van der Waals surface area contributed by atoms with E-state index in [2.05, 4.69) is 9.97 Å². The van der Waals surface area contributed by atoms with Gasteiger partial charge in [0.15, 0.2) is 0 Å². The Kier molecular flexibility index (Phi) is 4.85. The van der Waals surface area contributed by atoms with E-state index in [0.29, 0.717) is 17.1 Å². The lowest BCUT2D eigenvalue weighted by Gasteiger charge is -2.07. The number of nitrogens with zero attached hydrogens (tertiary/aromatic N) is 2. The quantitative estimate of drug-likeness (QED) is 0.924. The predicted molar refractivity (Wildman–Crippen MR) is 67.6 cm³/mol. The van der Waals surface area contributed by atoms with Gasteiger partial charge in [0.1, 0.15) is 5.82 Å². The van der Waals surface area contributed by atoms with Crippen LogP contribution in [0, 0.1) is 0 Å². The first-order valence-corrected chi connectivity index (χ1v) is 5.20. The molecule has 1 heterocycles. The molecular weight excluding hydrogens is 279 g/mol. The van der Waals surface area contributed by atoms with Gasteiger partial charge in [0.2, 0.25) is 0 Å². The summed E-state index contributed by atoms with van der Waals surface area (Å²) in [4.78, 5) is 8.06. The van der Waals surface area contributed by atoms with Gasteiger partial charge in [-0.25, -0.2) is 9.97 Å². The standard InChI is InChI=1S/C12H10F3N3.ClH/c13-12(14,15)9-3-1-8(2-4-9)10-5-6-17-11(7-16)18-10;/h1-6H,7,16H2;1H. The molecule has 2 N–H and O–H groups in total. The van der Waals surface area contributed by atoms with Gasteiger partial charge in [0.25, 0.3) is 0 Å². The smallest absolute Gasteiger partial charge is 0.324 e. The first-order valence-electron chi connectivity index (χ1n) is 5.20. The summed E-state index contributed by atoms with van der Waals surface area (Å²) in [6.07, 6.45) is -2.80. The van der Waals surface area contributed by atoms with Crippen molar-refractivity contribution in [2.24, 2.45) is 5.73 Å². The maximum absolute atomic E-state index is 12.4. The fourth-order valence-electron chi connectivity index (χ4n) is 1.49. The summed E-state index contributed by atoms with van der Waals surface area (Å²) in [6, 6.07) is 6.44. The van der Waals surface area contributed by atoms with Gasteiger partial charge in [-0.1, -0.05) is 12.1 Å². The largest absolute Gasteiger partial charge is 0.416 e. The van der Waals surface area contributed by atoms with Gasteiger partial charge in [-0.05, 0) is 18.2 Å². The molecule has 0 saturated heterocycles. The predicted octanol–water partition coefficient (Wildman–Crippen LogP) is 3.04. The number of aromatic nitrogens is 2. The van der Waals surface area contributed by atoms with Crippen molar-refractivity contribution in [2.75, 3.05) is 0 Å². The number of rotatable bonds is 2. The number of alkyl halides is 3. The number of halogens is 4. The average Bonchev–Trinajstić information content (AvgIpc) is 2.38. The molecule has 0 fully saturated rings. The van der Waals surface area contributed by atoms with Crippen LogP contribution >= 0.6 is 12.4 Å². The molecular formula is C12H11ClF3N3. The molecule has 0 saturated carbocycles. The Labute approximate surface area is 114 Å². The fourth-order valence-corrected chi connectivity index (χ4v) is 1.49. The van der Waals surface area contributed by atoms with Crippen LogP contribution in [-0.4, -0.2) is 9.97 Å². The van der Waals surface area contributed by atoms with Crippen molar-refractivity contribution >= 4 is 12.4 Å². The summed E-state index contributed by atoms with van der Waals surface area (Å²) < 4.78 is 37.2. The van der Waals surface area contributed by atoms with Crippen LogP contribution in [0.15, 0.2) is 36.5 Å². The number of hydrogen-bond acceptors (Lipinski definition) is 3. The first kappa shape index (κ1) is 15.4. The van der Waals surface area contributed by atoms with Crippen LogP contribution in [0.3, 0.4) is 0 Å². The molecule has 0 aliphatic carbocycles. The Hall–Kier alpha value is -1.66. The van der Waals surface area contributed by atoms with Crippen LogP contribution in [0.1, 0.15) is 11.4 Å². The average molecular weight is 290 g/mol. The zero-order valence-corrected chi connectivity index (χ0v) is 10.5. The summed E-state index contributed by atoms with van der Waals surface area (Å²) in [7, 11) is 0. The molecule has 2 rings (SSSR count). The Morgan fingerprint density at radius 2 is 1.68 bits per heavy atom. The minimum atomic E-state index is -4.33. The molecule has 1 aromatic heterocycles. The molecule has 0 bridgehead atoms. The van der Waals surface area contributed by atoms with Crippen LogP contribution < -0.4 is 5.73 Å². The highest BCUT2D eigenvalue weighted by Crippen LogP contribution is 2.30. The number of benzene rings is 1. The summed E-state index contributed by atoms with van der Waals surface area (Å²) in [5.74, 6) is 0.451. The molecule has 0 unspecified atom stereocenters. The summed E-state index contributed by atoms with van der Waals surface area (Å²) in [5, 5.41) is 0. The Balaban J connectivity index is 0.00000180. The van der Waals surface area contributed by atoms with Gasteiger partial charge < -0.3 is 5.73 Å². The Morgan fingerprint density at radius 1 is 1.05 bits per heavy atom. The van der Waals surface area contributed by atoms with Crippen LogP contribution in [0.2, 0.25) is 0 Å². The van der Waals surface area contributed by atoms with Gasteiger partial charge in [-0.2, -0.15) is 13.2 Å². The van der Waals surface area contributed by atoms with Crippen molar-refractivity contribution in [3.8, 4) is 11.3 Å². The van der Waals surface area contributed by atoms with Crippen LogP contribution in [0.4, 0.5) is 13.2 Å². The van der Waals surface area contributed by atoms with Gasteiger partial charge in [-0.15, -0.1) is 12.4 Å². The van der Waals surface area contributed by atoms with E-state index in [1.165, 1.54) is 18.3 Å². The highest BCUT2D eigenvalue weighted by Gasteiger charge is 2.29. The molecule has 0 aliphatic heterocycles. The molecule has 102 valence electrons. The SMILES string of the molecule is Cl.NCc1nccc(-c2ccc(C(F)(F)F)cc2)n1. The molecule has 1 aromatic carbocycles. The van der Waals surface area contributed by atoms with Crippen LogP contribution in [0.25, 0.3) is 11.3 Å². The van der Waals surface area contributed by atoms with Crippen molar-refractivity contribution in [3.05, 3.63) is 47.9 Å². The van der Waals surface area contributed by atoms with E-state index in [1.54, 1.807) is 6.07 Å². The van der Waals surface area contributed by atoms with E-state index in [4.69, 9.17) is 5.73 Å². The Morgan fingerprint density at radius 3 is 2.21 bits per heavy atom. The lowest BCUT2D eigenvalue weighted by molar-refractivity contribution is -0.137. The third-order valence-electron chi connectivity index (χ3n) is 2.40. The lowest BCUT2D eigenvalue weighted by Crippen LogP contribution is -2.05. The molecule has 19 heavy (non-hydrogen) atoms. The zero-order valence-electron chi connectivity index (χ0n) is 9.69. The third kappa shape index (κ3) is 3.65. The highest BCUT2D eigenvalue weighted by atomic mass is 35.5. The summed E-state index contributed by atoms with van der Waals surface area (Å²) >= 11 is 0. The molecule has 0 amide bonds. The third-order valence-corrected chi connectivity index (χ3v) is 2.40. The topological polar surface area (TPSA) is 51.8 Å². The van der Waals surface area contributed by atoms with E-state index in [-0.39, 0.29) is 19.0 Å². The van der Waals surface area contributed by atoms with Gasteiger partial charge in [0, 0.05) is 11.8 Å². The van der Waals surface area contributed by atoms with E-state index in [9.17, 15) is 13.2 Å². The van der Waals surface area contributed by atoms with Crippen molar-refractivity contribution in [1.82, 2.24) is 9.97 Å².